The Morgan fingerprint density at radius 2 is 2.18 bits per heavy atom. The van der Waals surface area contributed by atoms with Crippen molar-refractivity contribution in [2.24, 2.45) is 4.99 Å². The van der Waals surface area contributed by atoms with Gasteiger partial charge in [-0.2, -0.15) is 0 Å². The van der Waals surface area contributed by atoms with Gasteiger partial charge in [0.2, 0.25) is 5.78 Å². The van der Waals surface area contributed by atoms with E-state index in [0.29, 0.717) is 16.3 Å². The highest BCUT2D eigenvalue weighted by atomic mass is 35.5. The molecule has 11 heavy (non-hydrogen) atoms. The molecule has 54 valence electrons. The van der Waals surface area contributed by atoms with Crippen LogP contribution in [0.3, 0.4) is 0 Å². The van der Waals surface area contributed by atoms with Gasteiger partial charge in [0.15, 0.2) is 0 Å². The molecule has 0 atom stereocenters. The lowest BCUT2D eigenvalue weighted by Crippen LogP contribution is -1.92. The number of hydrogen-bond acceptors (Lipinski definition) is 2. The van der Waals surface area contributed by atoms with Crippen molar-refractivity contribution in [3.8, 4) is 0 Å². The summed E-state index contributed by atoms with van der Waals surface area (Å²) in [7, 11) is 0. The Balaban J connectivity index is 2.66. The Hall–Kier alpha value is -1.15. The summed E-state index contributed by atoms with van der Waals surface area (Å²) in [6.45, 7) is 0. The van der Waals surface area contributed by atoms with Crippen molar-refractivity contribution in [3.05, 3.63) is 28.8 Å². The van der Waals surface area contributed by atoms with Crippen LogP contribution in [-0.2, 0) is 0 Å². The van der Waals surface area contributed by atoms with E-state index in [0.717, 1.165) is 0 Å². The van der Waals surface area contributed by atoms with E-state index in [4.69, 9.17) is 11.6 Å². The highest BCUT2D eigenvalue weighted by molar-refractivity contribution is 6.40. The molecule has 2 nitrogen and oxygen atoms in total. The lowest BCUT2D eigenvalue weighted by molar-refractivity contribution is 0.107. The molecule has 1 aromatic rings. The normalized spacial score (nSPS) is 13.7. The molecule has 1 aromatic carbocycles. The van der Waals surface area contributed by atoms with Gasteiger partial charge in [-0.25, -0.2) is 0 Å². The van der Waals surface area contributed by atoms with Crippen LogP contribution < -0.4 is 0 Å². The Morgan fingerprint density at radius 1 is 1.36 bits per heavy atom. The first-order valence-corrected chi connectivity index (χ1v) is 3.53. The number of carbonyl (C=O) groups excluding carboxylic acids is 1. The second-order valence-electron chi connectivity index (χ2n) is 2.28. The molecule has 0 fully saturated rings. The molecule has 0 saturated carbocycles. The first-order chi connectivity index (χ1) is 5.27. The molecule has 3 heteroatoms. The minimum atomic E-state index is -0.0448. The monoisotopic (exact) mass is 165 g/mol. The van der Waals surface area contributed by atoms with Crippen LogP contribution in [-0.4, -0.2) is 12.0 Å². The van der Waals surface area contributed by atoms with Gasteiger partial charge in [0.05, 0.1) is 11.9 Å². The van der Waals surface area contributed by atoms with Crippen LogP contribution in [0.2, 0.25) is 5.02 Å². The Labute approximate surface area is 68.5 Å². The van der Waals surface area contributed by atoms with Crippen molar-refractivity contribution >= 4 is 29.3 Å². The highest BCUT2D eigenvalue weighted by Gasteiger charge is 2.14. The fourth-order valence-electron chi connectivity index (χ4n) is 1.02. The number of Topliss-reactive ketones (excluding diaryl/α,β-unsaturated/α-hetero) is 1. The fourth-order valence-corrected chi connectivity index (χ4v) is 1.18. The number of hydrogen-bond donors (Lipinski definition) is 0. The number of ketones is 1. The second-order valence-corrected chi connectivity index (χ2v) is 2.72. The molecular weight excluding hydrogens is 162 g/mol. The average molecular weight is 166 g/mol. The first-order valence-electron chi connectivity index (χ1n) is 3.15. The number of carbonyl (C=O) groups is 1. The zero-order chi connectivity index (χ0) is 7.84. The second kappa shape index (κ2) is 2.17. The zero-order valence-corrected chi connectivity index (χ0v) is 6.30. The average Bonchev–Trinajstić information content (AvgIpc) is 2.32. The smallest absolute Gasteiger partial charge is 0.206 e. The predicted molar refractivity (Wildman–Crippen MR) is 43.9 cm³/mol. The Morgan fingerprint density at radius 3 is 3.00 bits per heavy atom. The molecule has 2 rings (SSSR count). The summed E-state index contributed by atoms with van der Waals surface area (Å²) < 4.78 is 0. The lowest BCUT2D eigenvalue weighted by Gasteiger charge is -1.94. The van der Waals surface area contributed by atoms with Crippen molar-refractivity contribution in [2.75, 3.05) is 0 Å². The molecule has 0 spiro atoms. The number of rotatable bonds is 0. The maximum atomic E-state index is 11.0. The van der Waals surface area contributed by atoms with Crippen molar-refractivity contribution in [1.82, 2.24) is 0 Å². The summed E-state index contributed by atoms with van der Waals surface area (Å²) in [6, 6.07) is 5.05. The van der Waals surface area contributed by atoms with Crippen molar-refractivity contribution in [3.63, 3.8) is 0 Å². The van der Waals surface area contributed by atoms with Gasteiger partial charge in [-0.05, 0) is 18.2 Å². The zero-order valence-electron chi connectivity index (χ0n) is 5.54. The Bertz CT molecular complexity index is 357. The van der Waals surface area contributed by atoms with E-state index < -0.39 is 0 Å². The van der Waals surface area contributed by atoms with Gasteiger partial charge >= 0.3 is 0 Å². The summed E-state index contributed by atoms with van der Waals surface area (Å²) in [6.07, 6.45) is 1.31. The van der Waals surface area contributed by atoms with Gasteiger partial charge < -0.3 is 0 Å². The van der Waals surface area contributed by atoms with Crippen LogP contribution in [0.4, 0.5) is 5.69 Å². The number of halogens is 1. The lowest BCUT2D eigenvalue weighted by atomic mass is 10.1. The fraction of sp³-hybridized carbons (Fsp3) is 0. The van der Waals surface area contributed by atoms with E-state index in [-0.39, 0.29) is 5.78 Å². The third kappa shape index (κ3) is 0.955. The van der Waals surface area contributed by atoms with Gasteiger partial charge in [-0.3, -0.25) is 9.79 Å². The van der Waals surface area contributed by atoms with E-state index >= 15 is 0 Å². The van der Waals surface area contributed by atoms with Crippen LogP contribution in [0.25, 0.3) is 0 Å². The first kappa shape index (κ1) is 6.55. The maximum absolute atomic E-state index is 11.0. The summed E-state index contributed by atoms with van der Waals surface area (Å²) in [5, 5.41) is 0.607. The number of nitrogens with zero attached hydrogens (tertiary/aromatic N) is 1. The summed E-state index contributed by atoms with van der Waals surface area (Å²) in [4.78, 5) is 14.9. The standard InChI is InChI=1S/C8H4ClNO/c9-5-1-2-6-7(3-5)10-4-8(6)11/h1-4H. The summed E-state index contributed by atoms with van der Waals surface area (Å²) in [5.74, 6) is -0.0448. The molecule has 1 heterocycles. The number of benzene rings is 1. The largest absolute Gasteiger partial charge is 0.287 e. The predicted octanol–water partition coefficient (Wildman–Crippen LogP) is 2.24. The molecule has 0 radical (unpaired) electrons. The van der Waals surface area contributed by atoms with Crippen LogP contribution in [0.5, 0.6) is 0 Å². The highest BCUT2D eigenvalue weighted by Crippen LogP contribution is 2.26. The molecule has 0 amide bonds. The van der Waals surface area contributed by atoms with Crippen LogP contribution >= 0.6 is 11.6 Å². The summed E-state index contributed by atoms with van der Waals surface area (Å²) >= 11 is 5.69. The van der Waals surface area contributed by atoms with E-state index in [9.17, 15) is 4.79 Å². The Kier molecular flexibility index (Phi) is 1.29. The van der Waals surface area contributed by atoms with Gasteiger partial charge in [-0.1, -0.05) is 11.6 Å². The van der Waals surface area contributed by atoms with E-state index in [1.54, 1.807) is 18.2 Å². The molecular formula is C8H4ClNO. The van der Waals surface area contributed by atoms with Crippen molar-refractivity contribution in [1.29, 1.82) is 0 Å². The number of fused-ring (bicyclic) bond motifs is 1. The molecule has 0 N–H and O–H groups in total. The SMILES string of the molecule is O=C1C=Nc2cc(Cl)ccc21. The van der Waals surface area contributed by atoms with Crippen LogP contribution in [0.1, 0.15) is 10.4 Å². The van der Waals surface area contributed by atoms with Gasteiger partial charge in [0.25, 0.3) is 0 Å². The van der Waals surface area contributed by atoms with Crippen molar-refractivity contribution < 1.29 is 4.79 Å². The van der Waals surface area contributed by atoms with E-state index in [1.807, 2.05) is 0 Å². The van der Waals surface area contributed by atoms with Crippen molar-refractivity contribution in [2.45, 2.75) is 0 Å². The molecule has 1 aliphatic heterocycles. The van der Waals surface area contributed by atoms with E-state index in [2.05, 4.69) is 4.99 Å². The topological polar surface area (TPSA) is 29.4 Å². The molecule has 0 saturated heterocycles. The van der Waals surface area contributed by atoms with Crippen LogP contribution in [0, 0.1) is 0 Å². The third-order valence-corrected chi connectivity index (χ3v) is 1.78. The molecule has 1 aliphatic rings. The quantitative estimate of drug-likeness (QED) is 0.580. The molecule has 0 aliphatic carbocycles. The van der Waals surface area contributed by atoms with Gasteiger partial charge in [-0.15, -0.1) is 0 Å². The van der Waals surface area contributed by atoms with Gasteiger partial charge in [0.1, 0.15) is 0 Å². The molecule has 0 aromatic heterocycles. The minimum Gasteiger partial charge on any atom is -0.287 e. The van der Waals surface area contributed by atoms with Gasteiger partial charge in [0, 0.05) is 10.6 Å². The minimum absolute atomic E-state index is 0.0448. The maximum Gasteiger partial charge on any atom is 0.206 e. The summed E-state index contributed by atoms with van der Waals surface area (Å²) in [5.41, 5.74) is 1.30. The van der Waals surface area contributed by atoms with Crippen LogP contribution in [0.15, 0.2) is 23.2 Å². The third-order valence-electron chi connectivity index (χ3n) is 1.55. The van der Waals surface area contributed by atoms with E-state index in [1.165, 1.54) is 6.21 Å². The number of aliphatic imine (C=N–C) groups is 1. The molecule has 0 bridgehead atoms. The molecule has 0 unspecified atom stereocenters.